The van der Waals surface area contributed by atoms with Gasteiger partial charge in [0, 0.05) is 6.54 Å². The second-order valence-electron chi connectivity index (χ2n) is 5.08. The molecule has 0 atom stereocenters. The Morgan fingerprint density at radius 3 is 2.62 bits per heavy atom. The van der Waals surface area contributed by atoms with Crippen molar-refractivity contribution in [3.8, 4) is 5.75 Å². The maximum Gasteiger partial charge on any atom is 0.186 e. The van der Waals surface area contributed by atoms with E-state index in [-0.39, 0.29) is 0 Å². The van der Waals surface area contributed by atoms with Gasteiger partial charge in [0.1, 0.15) is 6.61 Å². The van der Waals surface area contributed by atoms with Crippen molar-refractivity contribution < 1.29 is 4.74 Å². The number of nitrogens with zero attached hydrogens (tertiary/aromatic N) is 1. The van der Waals surface area contributed by atoms with E-state index in [2.05, 4.69) is 31.8 Å². The van der Waals surface area contributed by atoms with Gasteiger partial charge in [-0.2, -0.15) is 5.10 Å². The largest absolute Gasteiger partial charge is 0.486 e. The van der Waals surface area contributed by atoms with Crippen LogP contribution in [0.15, 0.2) is 39.9 Å². The molecule has 0 saturated heterocycles. The van der Waals surface area contributed by atoms with Gasteiger partial charge in [-0.3, -0.25) is 5.43 Å². The highest BCUT2D eigenvalue weighted by Crippen LogP contribution is 2.35. The van der Waals surface area contributed by atoms with E-state index in [1.165, 1.54) is 0 Å². The standard InChI is InChI=1S/C17H15BrCl3N3OS/c1-2-22-17(26)24-23-8-11-5-12(18)16(15(21)7-11)25-9-10-3-4-13(19)14(20)6-10/h3-8H,2,9H2,1H3,(H2,22,24,26)/b23-8-. The number of thiocarbonyl (C=S) groups is 1. The van der Waals surface area contributed by atoms with Crippen LogP contribution in [0.4, 0.5) is 0 Å². The van der Waals surface area contributed by atoms with Crippen LogP contribution in [0.1, 0.15) is 18.1 Å². The van der Waals surface area contributed by atoms with Gasteiger partial charge in [0.25, 0.3) is 0 Å². The Balaban J connectivity index is 2.05. The lowest BCUT2D eigenvalue weighted by Crippen LogP contribution is -2.31. The highest BCUT2D eigenvalue weighted by atomic mass is 79.9. The summed E-state index contributed by atoms with van der Waals surface area (Å²) >= 11 is 26.7. The third kappa shape index (κ3) is 6.28. The molecule has 0 unspecified atom stereocenters. The van der Waals surface area contributed by atoms with E-state index in [0.29, 0.717) is 37.0 Å². The van der Waals surface area contributed by atoms with E-state index >= 15 is 0 Å². The van der Waals surface area contributed by atoms with E-state index in [0.717, 1.165) is 17.7 Å². The molecule has 138 valence electrons. The Kier molecular flexibility index (Phi) is 8.44. The molecule has 0 saturated carbocycles. The molecule has 2 rings (SSSR count). The highest BCUT2D eigenvalue weighted by molar-refractivity contribution is 9.10. The molecule has 2 aromatic carbocycles. The number of benzene rings is 2. The molecule has 0 aromatic heterocycles. The topological polar surface area (TPSA) is 45.7 Å². The fourth-order valence-corrected chi connectivity index (χ4v) is 3.45. The molecular formula is C17H15BrCl3N3OS. The fraction of sp³-hybridized carbons (Fsp3) is 0.176. The quantitative estimate of drug-likeness (QED) is 0.302. The lowest BCUT2D eigenvalue weighted by atomic mass is 10.2. The average Bonchev–Trinajstić information content (AvgIpc) is 2.57. The zero-order valence-corrected chi connectivity index (χ0v) is 18.3. The monoisotopic (exact) mass is 493 g/mol. The lowest BCUT2D eigenvalue weighted by Gasteiger charge is -2.11. The Morgan fingerprint density at radius 2 is 1.96 bits per heavy atom. The van der Waals surface area contributed by atoms with Crippen LogP contribution in [-0.2, 0) is 6.61 Å². The summed E-state index contributed by atoms with van der Waals surface area (Å²) in [6, 6.07) is 8.92. The van der Waals surface area contributed by atoms with Crippen LogP contribution in [0.2, 0.25) is 15.1 Å². The first-order chi connectivity index (χ1) is 12.4. The molecule has 0 aliphatic carbocycles. The maximum atomic E-state index is 6.33. The van der Waals surface area contributed by atoms with Crippen molar-refractivity contribution in [2.75, 3.05) is 6.54 Å². The smallest absolute Gasteiger partial charge is 0.186 e. The molecule has 4 nitrogen and oxygen atoms in total. The summed E-state index contributed by atoms with van der Waals surface area (Å²) in [7, 11) is 0. The van der Waals surface area contributed by atoms with Crippen LogP contribution in [0.3, 0.4) is 0 Å². The van der Waals surface area contributed by atoms with E-state index in [9.17, 15) is 0 Å². The van der Waals surface area contributed by atoms with Gasteiger partial charge in [-0.1, -0.05) is 40.9 Å². The third-order valence-electron chi connectivity index (χ3n) is 3.10. The minimum Gasteiger partial charge on any atom is -0.486 e. The van der Waals surface area contributed by atoms with Crippen molar-refractivity contribution in [1.82, 2.24) is 10.7 Å². The first kappa shape index (κ1) is 21.3. The van der Waals surface area contributed by atoms with Crippen LogP contribution in [0.25, 0.3) is 0 Å². The lowest BCUT2D eigenvalue weighted by molar-refractivity contribution is 0.304. The first-order valence-electron chi connectivity index (χ1n) is 7.53. The number of hydrazone groups is 1. The van der Waals surface area contributed by atoms with Gasteiger partial charge in [0.05, 0.1) is 25.8 Å². The summed E-state index contributed by atoms with van der Waals surface area (Å²) < 4.78 is 6.52. The molecule has 0 radical (unpaired) electrons. The molecule has 0 bridgehead atoms. The summed E-state index contributed by atoms with van der Waals surface area (Å²) in [6.07, 6.45) is 1.61. The number of halogens is 4. The molecule has 2 N–H and O–H groups in total. The van der Waals surface area contributed by atoms with Gasteiger partial charge in [-0.15, -0.1) is 0 Å². The van der Waals surface area contributed by atoms with Gasteiger partial charge < -0.3 is 10.1 Å². The van der Waals surface area contributed by atoms with Crippen molar-refractivity contribution >= 4 is 74.3 Å². The summed E-state index contributed by atoms with van der Waals surface area (Å²) in [5, 5.41) is 8.88. The highest BCUT2D eigenvalue weighted by Gasteiger charge is 2.10. The molecular weight excluding hydrogens is 481 g/mol. The van der Waals surface area contributed by atoms with Gasteiger partial charge in [0.15, 0.2) is 10.9 Å². The number of ether oxygens (including phenoxy) is 1. The third-order valence-corrected chi connectivity index (χ3v) is 4.95. The van der Waals surface area contributed by atoms with E-state index in [1.807, 2.05) is 19.1 Å². The minimum atomic E-state index is 0.307. The summed E-state index contributed by atoms with van der Waals surface area (Å²) in [5.74, 6) is 0.533. The molecule has 0 fully saturated rings. The molecule has 0 amide bonds. The number of nitrogens with one attached hydrogen (secondary N) is 2. The zero-order valence-electron chi connectivity index (χ0n) is 13.7. The zero-order chi connectivity index (χ0) is 19.1. The van der Waals surface area contributed by atoms with Gasteiger partial charge in [-0.25, -0.2) is 0 Å². The van der Waals surface area contributed by atoms with Crippen molar-refractivity contribution in [3.63, 3.8) is 0 Å². The van der Waals surface area contributed by atoms with Crippen LogP contribution >= 0.6 is 63.0 Å². The van der Waals surface area contributed by atoms with Crippen LogP contribution in [0.5, 0.6) is 5.75 Å². The molecule has 0 aliphatic heterocycles. The second-order valence-corrected chi connectivity index (χ2v) is 7.56. The molecule has 2 aromatic rings. The first-order valence-corrected chi connectivity index (χ1v) is 9.87. The summed E-state index contributed by atoms with van der Waals surface area (Å²) in [6.45, 7) is 2.98. The summed E-state index contributed by atoms with van der Waals surface area (Å²) in [5.41, 5.74) is 4.39. The predicted molar refractivity (Wildman–Crippen MR) is 117 cm³/mol. The average molecular weight is 496 g/mol. The maximum absolute atomic E-state index is 6.33. The van der Waals surface area contributed by atoms with E-state index in [1.54, 1.807) is 24.4 Å². The van der Waals surface area contributed by atoms with Crippen molar-refractivity contribution in [3.05, 3.63) is 61.0 Å². The van der Waals surface area contributed by atoms with Crippen molar-refractivity contribution in [2.24, 2.45) is 5.10 Å². The number of rotatable bonds is 6. The van der Waals surface area contributed by atoms with Gasteiger partial charge >= 0.3 is 0 Å². The van der Waals surface area contributed by atoms with Crippen LogP contribution < -0.4 is 15.5 Å². The number of hydrogen-bond donors (Lipinski definition) is 2. The normalized spacial score (nSPS) is 10.8. The fourth-order valence-electron chi connectivity index (χ4n) is 1.94. The van der Waals surface area contributed by atoms with E-state index < -0.39 is 0 Å². The molecule has 0 aliphatic rings. The Morgan fingerprint density at radius 1 is 1.19 bits per heavy atom. The van der Waals surface area contributed by atoms with Gasteiger partial charge in [0.2, 0.25) is 0 Å². The Bertz CT molecular complexity index is 810. The molecule has 0 spiro atoms. The molecule has 0 heterocycles. The minimum absolute atomic E-state index is 0.307. The predicted octanol–water partition coefficient (Wildman–Crippen LogP) is 5.81. The Labute approximate surface area is 181 Å². The van der Waals surface area contributed by atoms with Crippen molar-refractivity contribution in [2.45, 2.75) is 13.5 Å². The number of hydrogen-bond acceptors (Lipinski definition) is 3. The van der Waals surface area contributed by atoms with E-state index in [4.69, 9.17) is 51.8 Å². The van der Waals surface area contributed by atoms with Gasteiger partial charge in [-0.05, 0) is 70.5 Å². The second kappa shape index (κ2) is 10.3. The van der Waals surface area contributed by atoms with Crippen LogP contribution in [0, 0.1) is 0 Å². The molecule has 9 heteroatoms. The van der Waals surface area contributed by atoms with Crippen molar-refractivity contribution in [1.29, 1.82) is 0 Å². The summed E-state index contributed by atoms with van der Waals surface area (Å²) in [4.78, 5) is 0. The SMILES string of the molecule is CCNC(=S)N/N=C\c1cc(Cl)c(OCc2ccc(Cl)c(Cl)c2)c(Br)c1. The Hall–Kier alpha value is -1.05. The molecule has 26 heavy (non-hydrogen) atoms. The van der Waals surface area contributed by atoms with Crippen LogP contribution in [-0.4, -0.2) is 17.9 Å².